The number of methoxy groups -OCH3 is 3. The largest absolute Gasteiger partial charge is 0.496 e. The Morgan fingerprint density at radius 2 is 1.57 bits per heavy atom. The van der Waals surface area contributed by atoms with Crippen molar-refractivity contribution in [1.29, 1.82) is 0 Å². The van der Waals surface area contributed by atoms with Crippen molar-refractivity contribution in [2.45, 2.75) is 39.5 Å². The fourth-order valence-corrected chi connectivity index (χ4v) is 4.14. The van der Waals surface area contributed by atoms with E-state index in [0.717, 1.165) is 24.1 Å². The molecule has 2 aromatic rings. The number of rotatable bonds is 13. The molecule has 0 saturated carbocycles. The molecule has 2 unspecified atom stereocenters. The smallest absolute Gasteiger partial charge is 0.193 e. The van der Waals surface area contributed by atoms with Gasteiger partial charge < -0.3 is 18.9 Å². The minimum Gasteiger partial charge on any atom is -0.496 e. The van der Waals surface area contributed by atoms with Crippen LogP contribution in [0.15, 0.2) is 36.4 Å². The van der Waals surface area contributed by atoms with E-state index in [4.69, 9.17) is 18.9 Å². The lowest BCUT2D eigenvalue weighted by atomic mass is 10.0. The van der Waals surface area contributed by atoms with Gasteiger partial charge in [0.2, 0.25) is 0 Å². The summed E-state index contributed by atoms with van der Waals surface area (Å²) in [6.07, 6.45) is 4.78. The van der Waals surface area contributed by atoms with E-state index < -0.39 is 0 Å². The van der Waals surface area contributed by atoms with E-state index in [9.17, 15) is 4.79 Å². The Bertz CT molecular complexity index is 779. The molecule has 0 saturated heterocycles. The third-order valence-corrected chi connectivity index (χ3v) is 6.18. The van der Waals surface area contributed by atoms with Crippen LogP contribution >= 0.6 is 8.58 Å². The van der Waals surface area contributed by atoms with E-state index in [2.05, 4.69) is 13.8 Å². The molecule has 0 fully saturated rings. The van der Waals surface area contributed by atoms with Gasteiger partial charge in [0.05, 0.1) is 27.9 Å². The van der Waals surface area contributed by atoms with Crippen LogP contribution in [0.4, 0.5) is 0 Å². The van der Waals surface area contributed by atoms with Gasteiger partial charge in [-0.25, -0.2) is 0 Å². The molecule has 164 valence electrons. The van der Waals surface area contributed by atoms with Crippen LogP contribution in [0, 0.1) is 5.92 Å². The molecule has 0 spiro atoms. The summed E-state index contributed by atoms with van der Waals surface area (Å²) in [5, 5.41) is 0.935. The summed E-state index contributed by atoms with van der Waals surface area (Å²) in [5.74, 6) is 2.89. The number of ether oxygens (including phenoxy) is 4. The first-order valence-electron chi connectivity index (χ1n) is 10.4. The number of hydrogen-bond acceptors (Lipinski definition) is 5. The molecular formula is C24H33O5P. The van der Waals surface area contributed by atoms with Gasteiger partial charge in [0.1, 0.15) is 28.6 Å². The lowest BCUT2D eigenvalue weighted by Crippen LogP contribution is -2.11. The standard InChI is InChI=1S/C24H33O5P/c1-6-8-9-17(7-2)16-29-18-10-12-20(13-11-18)30-24(25)23-21(27-4)14-19(26-3)15-22(23)28-5/h10-15,17,30H,6-9,16H2,1-5H3. The monoisotopic (exact) mass is 432 g/mol. The molecule has 0 bridgehead atoms. The third kappa shape index (κ3) is 6.63. The predicted octanol–water partition coefficient (Wildman–Crippen LogP) is 5.45. The summed E-state index contributed by atoms with van der Waals surface area (Å²) < 4.78 is 22.0. The van der Waals surface area contributed by atoms with Crippen molar-refractivity contribution in [2.75, 3.05) is 27.9 Å². The molecule has 30 heavy (non-hydrogen) atoms. The number of carbonyl (C=O) groups excluding carboxylic acids is 1. The first-order chi connectivity index (χ1) is 14.6. The first kappa shape index (κ1) is 24.0. The second kappa shape index (κ2) is 12.4. The first-order valence-corrected chi connectivity index (χ1v) is 11.4. The molecular weight excluding hydrogens is 399 g/mol. The number of unbranched alkanes of at least 4 members (excludes halogenated alkanes) is 1. The second-order valence-corrected chi connectivity index (χ2v) is 8.39. The van der Waals surface area contributed by atoms with Crippen LogP contribution in [0.3, 0.4) is 0 Å². The highest BCUT2D eigenvalue weighted by Gasteiger charge is 2.20. The molecule has 0 aliphatic rings. The lowest BCUT2D eigenvalue weighted by Gasteiger charge is -2.16. The fourth-order valence-electron chi connectivity index (χ4n) is 3.17. The van der Waals surface area contributed by atoms with Crippen LogP contribution < -0.4 is 24.3 Å². The zero-order valence-electron chi connectivity index (χ0n) is 18.6. The number of hydrogen-bond donors (Lipinski definition) is 0. The molecule has 0 aliphatic heterocycles. The van der Waals surface area contributed by atoms with E-state index in [0.29, 0.717) is 28.7 Å². The van der Waals surface area contributed by atoms with Gasteiger partial charge in [0.15, 0.2) is 5.52 Å². The van der Waals surface area contributed by atoms with E-state index in [-0.39, 0.29) is 14.1 Å². The van der Waals surface area contributed by atoms with Crippen LogP contribution in [0.2, 0.25) is 0 Å². The minimum absolute atomic E-state index is 0.0496. The van der Waals surface area contributed by atoms with Crippen molar-refractivity contribution >= 4 is 19.4 Å². The number of carbonyl (C=O) groups is 1. The average Bonchev–Trinajstić information content (AvgIpc) is 2.79. The molecule has 0 heterocycles. The molecule has 0 N–H and O–H groups in total. The molecule has 0 amide bonds. The van der Waals surface area contributed by atoms with Gasteiger partial charge in [0.25, 0.3) is 0 Å². The minimum atomic E-state index is -0.0503. The zero-order chi connectivity index (χ0) is 21.9. The van der Waals surface area contributed by atoms with Crippen molar-refractivity contribution in [3.8, 4) is 23.0 Å². The lowest BCUT2D eigenvalue weighted by molar-refractivity contribution is 0.108. The molecule has 2 rings (SSSR count). The van der Waals surface area contributed by atoms with Gasteiger partial charge in [-0.05, 0) is 38.4 Å². The van der Waals surface area contributed by atoms with E-state index in [1.165, 1.54) is 33.5 Å². The van der Waals surface area contributed by atoms with Gasteiger partial charge in [-0.1, -0.05) is 45.2 Å². The SMILES string of the molecule is CCCCC(CC)COc1ccc(PC(=O)c2c(OC)cc(OC)cc2OC)cc1. The second-order valence-electron chi connectivity index (χ2n) is 7.11. The highest BCUT2D eigenvalue weighted by atomic mass is 31.1. The summed E-state index contributed by atoms with van der Waals surface area (Å²) in [6, 6.07) is 11.2. The molecule has 2 aromatic carbocycles. The Labute approximate surface area is 181 Å². The van der Waals surface area contributed by atoms with Gasteiger partial charge in [-0.3, -0.25) is 4.79 Å². The van der Waals surface area contributed by atoms with E-state index in [1.54, 1.807) is 19.2 Å². The summed E-state index contributed by atoms with van der Waals surface area (Å²) >= 11 is 0. The van der Waals surface area contributed by atoms with Crippen molar-refractivity contribution in [2.24, 2.45) is 5.92 Å². The van der Waals surface area contributed by atoms with E-state index >= 15 is 0 Å². The summed E-state index contributed by atoms with van der Waals surface area (Å²) in [6.45, 7) is 5.16. The van der Waals surface area contributed by atoms with Crippen LogP contribution in [-0.4, -0.2) is 33.5 Å². The van der Waals surface area contributed by atoms with Crippen molar-refractivity contribution in [1.82, 2.24) is 0 Å². The fraction of sp³-hybridized carbons (Fsp3) is 0.458. The zero-order valence-corrected chi connectivity index (χ0v) is 19.6. The van der Waals surface area contributed by atoms with Crippen LogP contribution in [-0.2, 0) is 0 Å². The predicted molar refractivity (Wildman–Crippen MR) is 124 cm³/mol. The van der Waals surface area contributed by atoms with Gasteiger partial charge >= 0.3 is 0 Å². The quantitative estimate of drug-likeness (QED) is 0.394. The van der Waals surface area contributed by atoms with Crippen LogP contribution in [0.1, 0.15) is 49.9 Å². The van der Waals surface area contributed by atoms with Crippen LogP contribution in [0.25, 0.3) is 0 Å². The molecule has 0 aliphatic carbocycles. The molecule has 0 aromatic heterocycles. The van der Waals surface area contributed by atoms with Gasteiger partial charge in [-0.2, -0.15) is 0 Å². The van der Waals surface area contributed by atoms with Crippen molar-refractivity contribution in [3.63, 3.8) is 0 Å². The summed E-state index contributed by atoms with van der Waals surface area (Å²) in [7, 11) is 4.58. The van der Waals surface area contributed by atoms with Crippen molar-refractivity contribution < 1.29 is 23.7 Å². The van der Waals surface area contributed by atoms with E-state index in [1.807, 2.05) is 24.3 Å². The Morgan fingerprint density at radius 3 is 2.07 bits per heavy atom. The highest BCUT2D eigenvalue weighted by molar-refractivity contribution is 7.66. The molecule has 5 nitrogen and oxygen atoms in total. The highest BCUT2D eigenvalue weighted by Crippen LogP contribution is 2.37. The molecule has 2 atom stereocenters. The molecule has 0 radical (unpaired) electrons. The Kier molecular flexibility index (Phi) is 9.96. The van der Waals surface area contributed by atoms with Crippen LogP contribution in [0.5, 0.6) is 23.0 Å². The Morgan fingerprint density at radius 1 is 0.933 bits per heavy atom. The maximum Gasteiger partial charge on any atom is 0.193 e. The normalized spacial score (nSPS) is 12.0. The Hall–Kier alpha value is -2.26. The number of benzene rings is 2. The van der Waals surface area contributed by atoms with Gasteiger partial charge in [0, 0.05) is 12.1 Å². The third-order valence-electron chi connectivity index (χ3n) is 5.08. The molecule has 6 heteroatoms. The maximum atomic E-state index is 13.0. The Balaban J connectivity index is 2.06. The van der Waals surface area contributed by atoms with Crippen molar-refractivity contribution in [3.05, 3.63) is 42.0 Å². The van der Waals surface area contributed by atoms with Gasteiger partial charge in [-0.15, -0.1) is 0 Å². The average molecular weight is 432 g/mol. The summed E-state index contributed by atoms with van der Waals surface area (Å²) in [5.41, 5.74) is 0.381. The summed E-state index contributed by atoms with van der Waals surface area (Å²) in [4.78, 5) is 13.0. The topological polar surface area (TPSA) is 54.0 Å². The maximum absolute atomic E-state index is 13.0.